The molecule has 1 atom stereocenters. The molecule has 1 saturated heterocycles. The molecule has 0 bridgehead atoms. The van der Waals surface area contributed by atoms with E-state index in [1.54, 1.807) is 4.90 Å². The van der Waals surface area contributed by atoms with Crippen molar-refractivity contribution in [3.8, 4) is 5.75 Å². The van der Waals surface area contributed by atoms with Crippen LogP contribution in [0.1, 0.15) is 11.6 Å². The highest BCUT2D eigenvalue weighted by Gasteiger charge is 2.44. The molecule has 1 aliphatic rings. The van der Waals surface area contributed by atoms with Gasteiger partial charge >= 0.3 is 0 Å². The number of aliphatic hydroxyl groups excluding tert-OH is 1. The van der Waals surface area contributed by atoms with Gasteiger partial charge in [0.15, 0.2) is 0 Å². The van der Waals surface area contributed by atoms with Crippen molar-refractivity contribution in [1.29, 1.82) is 0 Å². The van der Waals surface area contributed by atoms with Gasteiger partial charge in [0.1, 0.15) is 18.4 Å². The maximum atomic E-state index is 14.2. The SMILES string of the molecule is Cl.OCC(F)(F)[C@@H](c1cc(O)ccc1Br)N1CCNCC1. The Morgan fingerprint density at radius 1 is 1.33 bits per heavy atom. The summed E-state index contributed by atoms with van der Waals surface area (Å²) in [6, 6.07) is 3.02. The third-order valence-corrected chi connectivity index (χ3v) is 4.12. The number of piperazine rings is 1. The van der Waals surface area contributed by atoms with Gasteiger partial charge in [0.05, 0.1) is 0 Å². The van der Waals surface area contributed by atoms with Gasteiger partial charge in [-0.05, 0) is 23.8 Å². The molecule has 0 spiro atoms. The highest BCUT2D eigenvalue weighted by Crippen LogP contribution is 2.40. The Labute approximate surface area is 136 Å². The molecule has 0 amide bonds. The molecule has 120 valence electrons. The van der Waals surface area contributed by atoms with Gasteiger partial charge in [0.2, 0.25) is 0 Å². The van der Waals surface area contributed by atoms with Crippen LogP contribution in [0.15, 0.2) is 22.7 Å². The number of nitrogens with zero attached hydrogens (tertiary/aromatic N) is 1. The number of nitrogens with one attached hydrogen (secondary N) is 1. The zero-order chi connectivity index (χ0) is 14.8. The molecule has 8 heteroatoms. The lowest BCUT2D eigenvalue weighted by Crippen LogP contribution is -2.51. The number of alkyl halides is 2. The fourth-order valence-electron chi connectivity index (χ4n) is 2.46. The van der Waals surface area contributed by atoms with E-state index in [0.717, 1.165) is 0 Å². The van der Waals surface area contributed by atoms with Crippen LogP contribution in [0.2, 0.25) is 0 Å². The second-order valence-corrected chi connectivity index (χ2v) is 5.67. The summed E-state index contributed by atoms with van der Waals surface area (Å²) in [5.41, 5.74) is 0.283. The van der Waals surface area contributed by atoms with Gasteiger partial charge in [0.25, 0.3) is 5.92 Å². The maximum Gasteiger partial charge on any atom is 0.289 e. The number of aromatic hydroxyl groups is 1. The van der Waals surface area contributed by atoms with Gasteiger partial charge in [-0.15, -0.1) is 12.4 Å². The molecule has 0 aliphatic carbocycles. The monoisotopic (exact) mass is 386 g/mol. The summed E-state index contributed by atoms with van der Waals surface area (Å²) in [5.74, 6) is -3.36. The van der Waals surface area contributed by atoms with Crippen LogP contribution in [0.4, 0.5) is 8.78 Å². The van der Waals surface area contributed by atoms with Crippen LogP contribution in [0.5, 0.6) is 5.75 Å². The highest BCUT2D eigenvalue weighted by molar-refractivity contribution is 9.10. The number of aliphatic hydroxyl groups is 1. The molecule has 1 aliphatic heterocycles. The van der Waals surface area contributed by atoms with Crippen molar-refractivity contribution in [3.05, 3.63) is 28.2 Å². The number of halogens is 4. The molecule has 1 aromatic carbocycles. The molecular weight excluding hydrogens is 370 g/mol. The fraction of sp³-hybridized carbons (Fsp3) is 0.538. The van der Waals surface area contributed by atoms with Crippen molar-refractivity contribution in [2.75, 3.05) is 32.8 Å². The normalized spacial score (nSPS) is 18.1. The van der Waals surface area contributed by atoms with E-state index in [4.69, 9.17) is 5.11 Å². The predicted molar refractivity (Wildman–Crippen MR) is 82.3 cm³/mol. The Hall–Kier alpha value is -0.470. The molecule has 0 radical (unpaired) electrons. The Bertz CT molecular complexity index is 473. The summed E-state index contributed by atoms with van der Waals surface area (Å²) < 4.78 is 28.9. The van der Waals surface area contributed by atoms with Gasteiger partial charge in [-0.25, -0.2) is 8.78 Å². The molecule has 0 saturated carbocycles. The Kier molecular flexibility index (Phi) is 6.80. The largest absolute Gasteiger partial charge is 0.508 e. The van der Waals surface area contributed by atoms with E-state index in [9.17, 15) is 13.9 Å². The minimum Gasteiger partial charge on any atom is -0.508 e. The second kappa shape index (κ2) is 7.69. The van der Waals surface area contributed by atoms with E-state index >= 15 is 0 Å². The molecule has 1 fully saturated rings. The average molecular weight is 388 g/mol. The topological polar surface area (TPSA) is 55.7 Å². The Morgan fingerprint density at radius 3 is 2.52 bits per heavy atom. The third kappa shape index (κ3) is 4.26. The van der Waals surface area contributed by atoms with E-state index in [0.29, 0.717) is 30.7 Å². The molecule has 1 aromatic rings. The molecule has 3 N–H and O–H groups in total. The van der Waals surface area contributed by atoms with E-state index in [1.807, 2.05) is 0 Å². The summed E-state index contributed by atoms with van der Waals surface area (Å²) in [7, 11) is 0. The average Bonchev–Trinajstić information content (AvgIpc) is 2.44. The van der Waals surface area contributed by atoms with E-state index < -0.39 is 18.6 Å². The van der Waals surface area contributed by atoms with Crippen molar-refractivity contribution >= 4 is 28.3 Å². The summed E-state index contributed by atoms with van der Waals surface area (Å²) >= 11 is 3.25. The first-order valence-electron chi connectivity index (χ1n) is 6.37. The lowest BCUT2D eigenvalue weighted by Gasteiger charge is -2.39. The second-order valence-electron chi connectivity index (χ2n) is 4.81. The van der Waals surface area contributed by atoms with Crippen LogP contribution >= 0.6 is 28.3 Å². The smallest absolute Gasteiger partial charge is 0.289 e. The molecule has 4 nitrogen and oxygen atoms in total. The van der Waals surface area contributed by atoms with Crippen LogP contribution in [0.25, 0.3) is 0 Å². The molecular formula is C13H18BrClF2N2O2. The number of hydrogen-bond donors (Lipinski definition) is 3. The first kappa shape index (κ1) is 18.6. The zero-order valence-corrected chi connectivity index (χ0v) is 13.6. The van der Waals surface area contributed by atoms with Gasteiger partial charge in [0, 0.05) is 30.7 Å². The van der Waals surface area contributed by atoms with Crippen molar-refractivity contribution in [2.24, 2.45) is 0 Å². The first-order valence-corrected chi connectivity index (χ1v) is 7.17. The van der Waals surface area contributed by atoms with Gasteiger partial charge in [-0.3, -0.25) is 4.90 Å². The zero-order valence-electron chi connectivity index (χ0n) is 11.2. The number of rotatable bonds is 4. The van der Waals surface area contributed by atoms with Crippen LogP contribution < -0.4 is 5.32 Å². The van der Waals surface area contributed by atoms with Crippen molar-refractivity contribution in [2.45, 2.75) is 12.0 Å². The Morgan fingerprint density at radius 2 is 1.95 bits per heavy atom. The van der Waals surface area contributed by atoms with Gasteiger partial charge in [-0.2, -0.15) is 0 Å². The molecule has 0 unspecified atom stereocenters. The van der Waals surface area contributed by atoms with E-state index in [-0.39, 0.29) is 23.7 Å². The summed E-state index contributed by atoms with van der Waals surface area (Å²) in [5, 5.41) is 21.7. The minimum atomic E-state index is -3.28. The highest BCUT2D eigenvalue weighted by atomic mass is 79.9. The van der Waals surface area contributed by atoms with E-state index in [2.05, 4.69) is 21.2 Å². The standard InChI is InChI=1S/C13H17BrF2N2O2.ClH/c14-11-2-1-9(20)7-10(11)12(13(15,16)8-19)18-5-3-17-4-6-18;/h1-2,7,12,17,19-20H,3-6,8H2;1H/t12-;/m1./s1. The molecule has 0 aromatic heterocycles. The predicted octanol–water partition coefficient (Wildman–Crippen LogP) is 2.15. The first-order chi connectivity index (χ1) is 9.45. The lowest BCUT2D eigenvalue weighted by atomic mass is 9.98. The van der Waals surface area contributed by atoms with Crippen LogP contribution in [0.3, 0.4) is 0 Å². The maximum absolute atomic E-state index is 14.2. The molecule has 1 heterocycles. The Balaban J connectivity index is 0.00000220. The molecule has 2 rings (SSSR count). The summed E-state index contributed by atoms with van der Waals surface area (Å²) in [6.07, 6.45) is 0. The van der Waals surface area contributed by atoms with Crippen molar-refractivity contribution < 1.29 is 19.0 Å². The van der Waals surface area contributed by atoms with Crippen LogP contribution in [-0.4, -0.2) is 53.8 Å². The third-order valence-electron chi connectivity index (χ3n) is 3.40. The summed E-state index contributed by atoms with van der Waals surface area (Å²) in [4.78, 5) is 1.63. The van der Waals surface area contributed by atoms with Crippen molar-refractivity contribution in [3.63, 3.8) is 0 Å². The van der Waals surface area contributed by atoms with E-state index in [1.165, 1.54) is 18.2 Å². The van der Waals surface area contributed by atoms with Crippen LogP contribution in [0, 0.1) is 0 Å². The fourth-order valence-corrected chi connectivity index (χ4v) is 2.92. The number of benzene rings is 1. The minimum absolute atomic E-state index is 0. The lowest BCUT2D eigenvalue weighted by molar-refractivity contribution is -0.118. The van der Waals surface area contributed by atoms with Crippen LogP contribution in [-0.2, 0) is 0 Å². The number of hydrogen-bond acceptors (Lipinski definition) is 4. The van der Waals surface area contributed by atoms with Crippen molar-refractivity contribution in [1.82, 2.24) is 10.2 Å². The number of phenolic OH excluding ortho intramolecular Hbond substituents is 1. The quantitative estimate of drug-likeness (QED) is 0.741. The van der Waals surface area contributed by atoms with Gasteiger partial charge in [-0.1, -0.05) is 15.9 Å². The van der Waals surface area contributed by atoms with Gasteiger partial charge < -0.3 is 15.5 Å². The number of phenols is 1. The molecule has 21 heavy (non-hydrogen) atoms. The summed E-state index contributed by atoms with van der Waals surface area (Å²) in [6.45, 7) is 0.928.